The fourth-order valence-electron chi connectivity index (χ4n) is 1.29. The number of para-hydroxylation sites is 1. The minimum atomic E-state index is -0.332. The van der Waals surface area contributed by atoms with Crippen LogP contribution in [-0.2, 0) is 0 Å². The summed E-state index contributed by atoms with van der Waals surface area (Å²) < 4.78 is 0. The van der Waals surface area contributed by atoms with E-state index in [1.165, 1.54) is 6.21 Å². The van der Waals surface area contributed by atoms with Gasteiger partial charge >= 0.3 is 0 Å². The number of H-pyrrole nitrogens is 1. The molecule has 0 radical (unpaired) electrons. The molecule has 0 spiro atoms. The minimum absolute atomic E-state index is 0.116. The van der Waals surface area contributed by atoms with Gasteiger partial charge in [0.25, 0.3) is 5.91 Å². The molecule has 0 aliphatic rings. The molecule has 0 aliphatic heterocycles. The quantitative estimate of drug-likeness (QED) is 0.550. The number of phenolic OH excluding ortho intramolecular Hbond substituents is 1. The number of carbonyl (C=O) groups is 1. The highest BCUT2D eigenvalue weighted by Gasteiger charge is 2.03. The van der Waals surface area contributed by atoms with Crippen molar-refractivity contribution in [3.05, 3.63) is 53.9 Å². The molecule has 1 amide bonds. The average molecular weight is 229 g/mol. The molecule has 0 aliphatic carbocycles. The van der Waals surface area contributed by atoms with E-state index >= 15 is 0 Å². The average Bonchev–Trinajstić information content (AvgIpc) is 2.85. The second kappa shape index (κ2) is 4.98. The zero-order chi connectivity index (χ0) is 12.1. The van der Waals surface area contributed by atoms with Crippen LogP contribution in [0.25, 0.3) is 0 Å². The highest BCUT2D eigenvalue weighted by atomic mass is 16.3. The van der Waals surface area contributed by atoms with Gasteiger partial charge in [0.1, 0.15) is 11.4 Å². The van der Waals surface area contributed by atoms with Gasteiger partial charge in [0.05, 0.1) is 6.21 Å². The van der Waals surface area contributed by atoms with Gasteiger partial charge in [-0.05, 0) is 24.3 Å². The molecule has 0 saturated carbocycles. The summed E-state index contributed by atoms with van der Waals surface area (Å²) in [5.74, 6) is -0.216. The summed E-state index contributed by atoms with van der Waals surface area (Å²) in [5.41, 5.74) is 3.32. The van der Waals surface area contributed by atoms with Crippen LogP contribution in [0.15, 0.2) is 47.7 Å². The third kappa shape index (κ3) is 2.72. The molecule has 0 unspecified atom stereocenters. The van der Waals surface area contributed by atoms with Gasteiger partial charge in [0.2, 0.25) is 0 Å². The lowest BCUT2D eigenvalue weighted by Gasteiger charge is -1.98. The molecular formula is C12H11N3O2. The summed E-state index contributed by atoms with van der Waals surface area (Å²) >= 11 is 0. The van der Waals surface area contributed by atoms with Crippen molar-refractivity contribution in [2.24, 2.45) is 5.10 Å². The van der Waals surface area contributed by atoms with Crippen LogP contribution < -0.4 is 5.43 Å². The smallest absolute Gasteiger partial charge is 0.287 e. The van der Waals surface area contributed by atoms with E-state index in [4.69, 9.17) is 0 Å². The Morgan fingerprint density at radius 3 is 2.82 bits per heavy atom. The first kappa shape index (κ1) is 10.9. The number of hydrazone groups is 1. The van der Waals surface area contributed by atoms with Crippen molar-refractivity contribution in [1.82, 2.24) is 10.4 Å². The standard InChI is InChI=1S/C12H11N3O2/c16-11-6-2-1-4-9(11)8-14-15-12(17)10-5-3-7-13-10/h1-8,13,16H,(H,15,17)/b14-8+. The zero-order valence-electron chi connectivity index (χ0n) is 8.92. The lowest BCUT2D eigenvalue weighted by atomic mass is 10.2. The third-order valence-electron chi connectivity index (χ3n) is 2.15. The highest BCUT2D eigenvalue weighted by Crippen LogP contribution is 2.12. The van der Waals surface area contributed by atoms with E-state index in [-0.39, 0.29) is 11.7 Å². The van der Waals surface area contributed by atoms with Crippen LogP contribution in [0.5, 0.6) is 5.75 Å². The van der Waals surface area contributed by atoms with Crippen molar-refractivity contribution in [2.45, 2.75) is 0 Å². The first-order chi connectivity index (χ1) is 8.27. The Balaban J connectivity index is 1.99. The molecule has 0 bridgehead atoms. The fraction of sp³-hybridized carbons (Fsp3) is 0. The number of rotatable bonds is 3. The second-order valence-corrected chi connectivity index (χ2v) is 3.34. The molecule has 0 fully saturated rings. The molecule has 3 N–H and O–H groups in total. The predicted molar refractivity (Wildman–Crippen MR) is 64.0 cm³/mol. The van der Waals surface area contributed by atoms with E-state index in [0.717, 1.165) is 0 Å². The van der Waals surface area contributed by atoms with Crippen molar-refractivity contribution >= 4 is 12.1 Å². The van der Waals surface area contributed by atoms with Crippen molar-refractivity contribution < 1.29 is 9.90 Å². The van der Waals surface area contributed by atoms with E-state index in [2.05, 4.69) is 15.5 Å². The normalized spacial score (nSPS) is 10.6. The van der Waals surface area contributed by atoms with Crippen LogP contribution in [0.2, 0.25) is 0 Å². The van der Waals surface area contributed by atoms with Crippen LogP contribution in [0, 0.1) is 0 Å². The van der Waals surface area contributed by atoms with Gasteiger partial charge in [-0.1, -0.05) is 12.1 Å². The third-order valence-corrected chi connectivity index (χ3v) is 2.15. The van der Waals surface area contributed by atoms with Gasteiger partial charge in [-0.2, -0.15) is 5.10 Å². The molecule has 0 atom stereocenters. The summed E-state index contributed by atoms with van der Waals surface area (Å²) in [4.78, 5) is 14.2. The Morgan fingerprint density at radius 2 is 2.12 bits per heavy atom. The largest absolute Gasteiger partial charge is 0.507 e. The van der Waals surface area contributed by atoms with Crippen molar-refractivity contribution in [1.29, 1.82) is 0 Å². The fourth-order valence-corrected chi connectivity index (χ4v) is 1.29. The second-order valence-electron chi connectivity index (χ2n) is 3.34. The molecule has 86 valence electrons. The Kier molecular flexibility index (Phi) is 3.20. The summed E-state index contributed by atoms with van der Waals surface area (Å²) in [6, 6.07) is 10.1. The lowest BCUT2D eigenvalue weighted by Crippen LogP contribution is -2.17. The minimum Gasteiger partial charge on any atom is -0.507 e. The number of benzene rings is 1. The van der Waals surface area contributed by atoms with E-state index in [1.807, 2.05) is 0 Å². The lowest BCUT2D eigenvalue weighted by molar-refractivity contribution is 0.0951. The SMILES string of the molecule is O=C(N/N=C/c1ccccc1O)c1ccc[nH]1. The molecule has 2 aromatic rings. The van der Waals surface area contributed by atoms with Gasteiger partial charge in [-0.3, -0.25) is 4.79 Å². The molecule has 5 heteroatoms. The summed E-state index contributed by atoms with van der Waals surface area (Å²) in [6.07, 6.45) is 3.04. The topological polar surface area (TPSA) is 77.5 Å². The maximum atomic E-state index is 11.5. The molecule has 17 heavy (non-hydrogen) atoms. The highest BCUT2D eigenvalue weighted by molar-refractivity contribution is 5.93. The van der Waals surface area contributed by atoms with E-state index < -0.39 is 0 Å². The van der Waals surface area contributed by atoms with E-state index in [1.54, 1.807) is 42.6 Å². The Bertz CT molecular complexity index is 532. The number of carbonyl (C=O) groups excluding carboxylic acids is 1. The monoisotopic (exact) mass is 229 g/mol. The summed E-state index contributed by atoms with van der Waals surface area (Å²) in [6.45, 7) is 0. The number of hydrogen-bond donors (Lipinski definition) is 3. The number of aromatic amines is 1. The van der Waals surface area contributed by atoms with E-state index in [9.17, 15) is 9.90 Å². The van der Waals surface area contributed by atoms with Crippen LogP contribution >= 0.6 is 0 Å². The summed E-state index contributed by atoms with van der Waals surface area (Å²) in [7, 11) is 0. The molecular weight excluding hydrogens is 218 g/mol. The van der Waals surface area contributed by atoms with Crippen molar-refractivity contribution in [3.8, 4) is 5.75 Å². The van der Waals surface area contributed by atoms with Gasteiger partial charge in [-0.25, -0.2) is 5.43 Å². The molecule has 1 aromatic carbocycles. The van der Waals surface area contributed by atoms with Crippen molar-refractivity contribution in [3.63, 3.8) is 0 Å². The number of phenols is 1. The zero-order valence-corrected chi connectivity index (χ0v) is 8.92. The maximum absolute atomic E-state index is 11.5. The van der Waals surface area contributed by atoms with Gasteiger partial charge < -0.3 is 10.1 Å². The first-order valence-electron chi connectivity index (χ1n) is 5.02. The maximum Gasteiger partial charge on any atom is 0.287 e. The Morgan fingerprint density at radius 1 is 1.29 bits per heavy atom. The number of nitrogens with zero attached hydrogens (tertiary/aromatic N) is 1. The van der Waals surface area contributed by atoms with Crippen LogP contribution in [-0.4, -0.2) is 22.2 Å². The van der Waals surface area contributed by atoms with Crippen LogP contribution in [0.1, 0.15) is 16.1 Å². The first-order valence-corrected chi connectivity index (χ1v) is 5.02. The van der Waals surface area contributed by atoms with Crippen LogP contribution in [0.4, 0.5) is 0 Å². The molecule has 2 rings (SSSR count). The van der Waals surface area contributed by atoms with Crippen molar-refractivity contribution in [2.75, 3.05) is 0 Å². The number of hydrogen-bond acceptors (Lipinski definition) is 3. The van der Waals surface area contributed by atoms with E-state index in [0.29, 0.717) is 11.3 Å². The van der Waals surface area contributed by atoms with Gasteiger partial charge in [0.15, 0.2) is 0 Å². The molecule has 5 nitrogen and oxygen atoms in total. The number of amides is 1. The van der Waals surface area contributed by atoms with Gasteiger partial charge in [-0.15, -0.1) is 0 Å². The summed E-state index contributed by atoms with van der Waals surface area (Å²) in [5, 5.41) is 13.2. The predicted octanol–water partition coefficient (Wildman–Crippen LogP) is 1.48. The molecule has 0 saturated heterocycles. The number of aromatic nitrogens is 1. The van der Waals surface area contributed by atoms with Gasteiger partial charge in [0, 0.05) is 11.8 Å². The Labute approximate surface area is 97.8 Å². The molecule has 1 aromatic heterocycles. The number of nitrogens with one attached hydrogen (secondary N) is 2. The van der Waals surface area contributed by atoms with Crippen LogP contribution in [0.3, 0.4) is 0 Å². The molecule has 1 heterocycles. The Hall–Kier alpha value is -2.56. The number of aromatic hydroxyl groups is 1.